The van der Waals surface area contributed by atoms with Crippen molar-refractivity contribution in [1.82, 2.24) is 9.88 Å². The molecule has 0 radical (unpaired) electrons. The molecule has 0 saturated carbocycles. The van der Waals surface area contributed by atoms with Crippen LogP contribution >= 0.6 is 0 Å². The van der Waals surface area contributed by atoms with E-state index in [2.05, 4.69) is 17.1 Å². The third-order valence-corrected chi connectivity index (χ3v) is 4.79. The molecule has 1 aliphatic rings. The number of hydrogen-bond acceptors (Lipinski definition) is 3. The van der Waals surface area contributed by atoms with Crippen molar-refractivity contribution >= 4 is 16.8 Å². The zero-order valence-electron chi connectivity index (χ0n) is 15.1. The molecule has 132 valence electrons. The molecule has 0 atom stereocenters. The van der Waals surface area contributed by atoms with Gasteiger partial charge in [0.05, 0.1) is 23.8 Å². The van der Waals surface area contributed by atoms with Gasteiger partial charge in [-0.25, -0.2) is 0 Å². The summed E-state index contributed by atoms with van der Waals surface area (Å²) in [6, 6.07) is 18.1. The Kier molecular flexibility index (Phi) is 4.43. The number of aryl methyl sites for hydroxylation is 2. The van der Waals surface area contributed by atoms with Crippen molar-refractivity contribution in [2.24, 2.45) is 0 Å². The van der Waals surface area contributed by atoms with Crippen LogP contribution in [0.1, 0.15) is 27.2 Å². The minimum absolute atomic E-state index is 0.0608. The van der Waals surface area contributed by atoms with Gasteiger partial charge in [0, 0.05) is 24.2 Å². The van der Waals surface area contributed by atoms with Crippen LogP contribution in [0, 0.1) is 13.8 Å². The van der Waals surface area contributed by atoms with Crippen LogP contribution in [0.25, 0.3) is 10.9 Å². The summed E-state index contributed by atoms with van der Waals surface area (Å²) >= 11 is 0. The molecule has 1 amide bonds. The van der Waals surface area contributed by atoms with Gasteiger partial charge in [0.1, 0.15) is 0 Å². The largest absolute Gasteiger partial charge is 0.370 e. The van der Waals surface area contributed by atoms with Crippen molar-refractivity contribution < 1.29 is 9.53 Å². The van der Waals surface area contributed by atoms with E-state index in [1.807, 2.05) is 61.2 Å². The molecule has 2 heterocycles. The predicted octanol–water partition coefficient (Wildman–Crippen LogP) is 3.89. The monoisotopic (exact) mass is 346 g/mol. The molecule has 0 spiro atoms. The summed E-state index contributed by atoms with van der Waals surface area (Å²) in [5.41, 5.74) is 4.75. The molecule has 4 rings (SSSR count). The Labute approximate surface area is 153 Å². The average molecular weight is 346 g/mol. The number of carbonyl (C=O) groups excluding carboxylic acids is 1. The van der Waals surface area contributed by atoms with Gasteiger partial charge in [-0.05, 0) is 37.6 Å². The van der Waals surface area contributed by atoms with Gasteiger partial charge >= 0.3 is 0 Å². The van der Waals surface area contributed by atoms with Crippen LogP contribution < -0.4 is 0 Å². The highest BCUT2D eigenvalue weighted by atomic mass is 16.5. The summed E-state index contributed by atoms with van der Waals surface area (Å²) in [4.78, 5) is 19.4. The van der Waals surface area contributed by atoms with Crippen LogP contribution in [0.3, 0.4) is 0 Å². The maximum Gasteiger partial charge on any atom is 0.254 e. The number of pyridine rings is 1. The first-order valence-corrected chi connectivity index (χ1v) is 8.93. The number of likely N-dealkylation sites (tertiary alicyclic amines) is 1. The Balaban J connectivity index is 1.45. The second kappa shape index (κ2) is 6.89. The molecule has 0 bridgehead atoms. The second-order valence-corrected chi connectivity index (χ2v) is 6.96. The molecule has 0 N–H and O–H groups in total. The van der Waals surface area contributed by atoms with Gasteiger partial charge in [-0.15, -0.1) is 0 Å². The maximum absolute atomic E-state index is 13.0. The fourth-order valence-electron chi connectivity index (χ4n) is 3.32. The smallest absolute Gasteiger partial charge is 0.254 e. The van der Waals surface area contributed by atoms with E-state index in [1.54, 1.807) is 0 Å². The third kappa shape index (κ3) is 3.33. The van der Waals surface area contributed by atoms with Gasteiger partial charge in [-0.3, -0.25) is 9.78 Å². The Bertz CT molecular complexity index is 947. The molecule has 4 nitrogen and oxygen atoms in total. The first-order chi connectivity index (χ1) is 12.6. The molecule has 1 saturated heterocycles. The van der Waals surface area contributed by atoms with Crippen molar-refractivity contribution in [2.45, 2.75) is 26.6 Å². The molecule has 26 heavy (non-hydrogen) atoms. The number of amides is 1. The summed E-state index contributed by atoms with van der Waals surface area (Å²) in [6.45, 7) is 5.83. The first-order valence-electron chi connectivity index (χ1n) is 8.93. The van der Waals surface area contributed by atoms with E-state index in [0.29, 0.717) is 19.7 Å². The standard InChI is InChI=1S/C22H22N2O2/c1-15-8-9-21-19(10-15)20(11-16(2)23-21)22(25)24-12-18(13-24)26-14-17-6-4-3-5-7-17/h3-11,18H,12-14H2,1-2H3. The molecular weight excluding hydrogens is 324 g/mol. The second-order valence-electron chi connectivity index (χ2n) is 6.96. The molecule has 1 aliphatic heterocycles. The minimum atomic E-state index is 0.0608. The van der Waals surface area contributed by atoms with Gasteiger partial charge in [-0.2, -0.15) is 0 Å². The summed E-state index contributed by atoms with van der Waals surface area (Å²) in [6.07, 6.45) is 0.107. The summed E-state index contributed by atoms with van der Waals surface area (Å²) in [5.74, 6) is 0.0608. The Morgan fingerprint density at radius 2 is 1.88 bits per heavy atom. The van der Waals surface area contributed by atoms with Crippen molar-refractivity contribution in [3.8, 4) is 0 Å². The minimum Gasteiger partial charge on any atom is -0.370 e. The van der Waals surface area contributed by atoms with Crippen molar-refractivity contribution in [3.63, 3.8) is 0 Å². The third-order valence-electron chi connectivity index (χ3n) is 4.79. The van der Waals surface area contributed by atoms with E-state index in [1.165, 1.54) is 0 Å². The van der Waals surface area contributed by atoms with E-state index in [-0.39, 0.29) is 12.0 Å². The average Bonchev–Trinajstić information content (AvgIpc) is 2.60. The zero-order valence-corrected chi connectivity index (χ0v) is 15.1. The number of rotatable bonds is 4. The summed E-state index contributed by atoms with van der Waals surface area (Å²) in [5, 5.41) is 0.925. The molecular formula is C22H22N2O2. The normalized spacial score (nSPS) is 14.5. The van der Waals surface area contributed by atoms with Crippen molar-refractivity contribution in [3.05, 3.63) is 77.0 Å². The highest BCUT2D eigenvalue weighted by molar-refractivity contribution is 6.06. The highest BCUT2D eigenvalue weighted by Gasteiger charge is 2.32. The van der Waals surface area contributed by atoms with E-state index < -0.39 is 0 Å². The van der Waals surface area contributed by atoms with Crippen LogP contribution in [-0.2, 0) is 11.3 Å². The molecule has 4 heteroatoms. The summed E-state index contributed by atoms with van der Waals surface area (Å²) < 4.78 is 5.90. The van der Waals surface area contributed by atoms with Crippen LogP contribution in [-0.4, -0.2) is 35.0 Å². The van der Waals surface area contributed by atoms with Gasteiger partial charge in [-0.1, -0.05) is 42.0 Å². The summed E-state index contributed by atoms with van der Waals surface area (Å²) in [7, 11) is 0. The number of ether oxygens (including phenoxy) is 1. The molecule has 1 fully saturated rings. The van der Waals surface area contributed by atoms with Crippen molar-refractivity contribution in [2.75, 3.05) is 13.1 Å². The van der Waals surface area contributed by atoms with Gasteiger partial charge in [0.2, 0.25) is 0 Å². The molecule has 3 aromatic rings. The molecule has 2 aromatic carbocycles. The number of hydrogen-bond donors (Lipinski definition) is 0. The number of aromatic nitrogens is 1. The quantitative estimate of drug-likeness (QED) is 0.720. The maximum atomic E-state index is 13.0. The lowest BCUT2D eigenvalue weighted by Crippen LogP contribution is -2.54. The number of carbonyl (C=O) groups is 1. The predicted molar refractivity (Wildman–Crippen MR) is 102 cm³/mol. The van der Waals surface area contributed by atoms with E-state index in [9.17, 15) is 4.79 Å². The fraction of sp³-hybridized carbons (Fsp3) is 0.273. The van der Waals surface area contributed by atoms with Crippen LogP contribution in [0.2, 0.25) is 0 Å². The van der Waals surface area contributed by atoms with Gasteiger partial charge in [0.25, 0.3) is 5.91 Å². The van der Waals surface area contributed by atoms with Gasteiger partial charge in [0.15, 0.2) is 0 Å². The lowest BCUT2D eigenvalue weighted by Gasteiger charge is -2.39. The fourth-order valence-corrected chi connectivity index (χ4v) is 3.32. The molecule has 0 aliphatic carbocycles. The molecule has 1 aromatic heterocycles. The highest BCUT2D eigenvalue weighted by Crippen LogP contribution is 2.24. The van der Waals surface area contributed by atoms with Crippen LogP contribution in [0.4, 0.5) is 0 Å². The van der Waals surface area contributed by atoms with Crippen LogP contribution in [0.5, 0.6) is 0 Å². The van der Waals surface area contributed by atoms with Gasteiger partial charge < -0.3 is 9.64 Å². The van der Waals surface area contributed by atoms with Crippen molar-refractivity contribution in [1.29, 1.82) is 0 Å². The van der Waals surface area contributed by atoms with Crippen LogP contribution in [0.15, 0.2) is 54.6 Å². The van der Waals surface area contributed by atoms with E-state index in [4.69, 9.17) is 4.74 Å². The molecule has 0 unspecified atom stereocenters. The lowest BCUT2D eigenvalue weighted by molar-refractivity contribution is -0.0502. The van der Waals surface area contributed by atoms with E-state index in [0.717, 1.165) is 33.3 Å². The SMILES string of the molecule is Cc1ccc2nc(C)cc(C(=O)N3CC(OCc4ccccc4)C3)c2c1. The van der Waals surface area contributed by atoms with E-state index >= 15 is 0 Å². The topological polar surface area (TPSA) is 42.4 Å². The number of nitrogens with zero attached hydrogens (tertiary/aromatic N) is 2. The lowest BCUT2D eigenvalue weighted by atomic mass is 10.0. The Morgan fingerprint density at radius 3 is 2.65 bits per heavy atom. The Hall–Kier alpha value is -2.72. The first kappa shape index (κ1) is 16.7. The number of fused-ring (bicyclic) bond motifs is 1. The zero-order chi connectivity index (χ0) is 18.1. The Morgan fingerprint density at radius 1 is 1.12 bits per heavy atom. The number of benzene rings is 2.